The zero-order chi connectivity index (χ0) is 12.9. The van der Waals surface area contributed by atoms with Gasteiger partial charge in [0, 0.05) is 6.54 Å². The third-order valence-corrected chi connectivity index (χ3v) is 2.34. The van der Waals surface area contributed by atoms with E-state index in [1.54, 1.807) is 32.2 Å². The lowest BCUT2D eigenvalue weighted by Gasteiger charge is -2.21. The summed E-state index contributed by atoms with van der Waals surface area (Å²) >= 11 is 0. The van der Waals surface area contributed by atoms with Crippen molar-refractivity contribution in [1.29, 1.82) is 0 Å². The van der Waals surface area contributed by atoms with Crippen LogP contribution in [0.4, 0.5) is 0 Å². The minimum atomic E-state index is -0.679. The van der Waals surface area contributed by atoms with E-state index >= 15 is 0 Å². The molecular formula is C12H18N2O3. The number of carbonyl (C=O) groups is 1. The van der Waals surface area contributed by atoms with Crippen LogP contribution in [0.1, 0.15) is 19.5 Å². The Bertz CT molecular complexity index is 374. The Balaban J connectivity index is 2.57. The van der Waals surface area contributed by atoms with Gasteiger partial charge < -0.3 is 15.2 Å². The first-order chi connectivity index (χ1) is 7.99. The van der Waals surface area contributed by atoms with E-state index in [9.17, 15) is 4.79 Å². The van der Waals surface area contributed by atoms with E-state index in [-0.39, 0.29) is 12.6 Å². The van der Waals surface area contributed by atoms with Gasteiger partial charge in [-0.1, -0.05) is 0 Å². The van der Waals surface area contributed by atoms with Gasteiger partial charge >= 0.3 is 5.97 Å². The maximum absolute atomic E-state index is 11.4. The summed E-state index contributed by atoms with van der Waals surface area (Å²) in [5, 5.41) is 0. The standard InChI is InChI=1S/C12H18N2O3/c1-12(2,11(15)16-3)8-17-10-5-4-9(6-13)14-7-10/h4-5,7H,6,8,13H2,1-3H3. The summed E-state index contributed by atoms with van der Waals surface area (Å²) in [6, 6.07) is 3.57. The van der Waals surface area contributed by atoms with Crippen LogP contribution in [-0.4, -0.2) is 24.7 Å². The van der Waals surface area contributed by atoms with Crippen molar-refractivity contribution in [2.24, 2.45) is 11.1 Å². The van der Waals surface area contributed by atoms with Gasteiger partial charge in [0.05, 0.1) is 24.4 Å². The third kappa shape index (κ3) is 3.71. The summed E-state index contributed by atoms with van der Waals surface area (Å²) in [6.07, 6.45) is 1.59. The number of carbonyl (C=O) groups excluding carboxylic acids is 1. The highest BCUT2D eigenvalue weighted by atomic mass is 16.5. The van der Waals surface area contributed by atoms with Crippen molar-refractivity contribution in [2.75, 3.05) is 13.7 Å². The summed E-state index contributed by atoms with van der Waals surface area (Å²) in [6.45, 7) is 4.16. The number of nitrogens with zero attached hydrogens (tertiary/aromatic N) is 1. The largest absolute Gasteiger partial charge is 0.491 e. The first-order valence-corrected chi connectivity index (χ1v) is 5.36. The molecule has 1 aromatic heterocycles. The molecule has 1 aromatic rings. The van der Waals surface area contributed by atoms with E-state index in [4.69, 9.17) is 10.5 Å². The molecule has 0 aliphatic carbocycles. The number of rotatable bonds is 5. The van der Waals surface area contributed by atoms with Crippen LogP contribution >= 0.6 is 0 Å². The topological polar surface area (TPSA) is 74.4 Å². The molecule has 1 heterocycles. The van der Waals surface area contributed by atoms with Crippen LogP contribution in [0.3, 0.4) is 0 Å². The Morgan fingerprint density at radius 2 is 2.18 bits per heavy atom. The number of hydrogen-bond donors (Lipinski definition) is 1. The molecule has 0 atom stereocenters. The molecule has 0 aliphatic rings. The van der Waals surface area contributed by atoms with E-state index < -0.39 is 5.41 Å². The molecule has 5 nitrogen and oxygen atoms in total. The van der Waals surface area contributed by atoms with Gasteiger partial charge in [0.25, 0.3) is 0 Å². The second-order valence-electron chi connectivity index (χ2n) is 4.35. The molecule has 0 aliphatic heterocycles. The number of nitrogens with two attached hydrogens (primary N) is 1. The smallest absolute Gasteiger partial charge is 0.314 e. The van der Waals surface area contributed by atoms with Crippen molar-refractivity contribution in [3.63, 3.8) is 0 Å². The van der Waals surface area contributed by atoms with Crippen LogP contribution < -0.4 is 10.5 Å². The van der Waals surface area contributed by atoms with E-state index in [1.165, 1.54) is 7.11 Å². The molecule has 17 heavy (non-hydrogen) atoms. The van der Waals surface area contributed by atoms with Gasteiger partial charge in [0.2, 0.25) is 0 Å². The normalized spacial score (nSPS) is 11.1. The minimum absolute atomic E-state index is 0.239. The molecule has 0 unspecified atom stereocenters. The van der Waals surface area contributed by atoms with E-state index in [0.717, 1.165) is 5.69 Å². The van der Waals surface area contributed by atoms with Crippen LogP contribution in [0.15, 0.2) is 18.3 Å². The average Bonchev–Trinajstić information content (AvgIpc) is 2.36. The van der Waals surface area contributed by atoms with Crippen molar-refractivity contribution < 1.29 is 14.3 Å². The molecule has 0 spiro atoms. The molecular weight excluding hydrogens is 220 g/mol. The number of methoxy groups -OCH3 is 1. The second kappa shape index (κ2) is 5.63. The third-order valence-electron chi connectivity index (χ3n) is 2.34. The number of esters is 1. The average molecular weight is 238 g/mol. The van der Waals surface area contributed by atoms with Gasteiger partial charge in [-0.05, 0) is 26.0 Å². The SMILES string of the molecule is COC(=O)C(C)(C)COc1ccc(CN)nc1. The molecule has 2 N–H and O–H groups in total. The van der Waals surface area contributed by atoms with E-state index in [0.29, 0.717) is 12.3 Å². The predicted octanol–water partition coefficient (Wildman–Crippen LogP) is 1.12. The van der Waals surface area contributed by atoms with E-state index in [1.807, 2.05) is 0 Å². The molecule has 0 saturated heterocycles. The number of aromatic nitrogens is 1. The fraction of sp³-hybridized carbons (Fsp3) is 0.500. The van der Waals surface area contributed by atoms with Gasteiger partial charge in [-0.25, -0.2) is 0 Å². The Kier molecular flexibility index (Phi) is 4.45. The Hall–Kier alpha value is -1.62. The van der Waals surface area contributed by atoms with Crippen LogP contribution in [-0.2, 0) is 16.1 Å². The fourth-order valence-electron chi connectivity index (χ4n) is 1.22. The lowest BCUT2D eigenvalue weighted by Crippen LogP contribution is -2.32. The molecule has 0 saturated carbocycles. The highest BCUT2D eigenvalue weighted by Crippen LogP contribution is 2.19. The van der Waals surface area contributed by atoms with Crippen molar-refractivity contribution in [3.05, 3.63) is 24.0 Å². The fourth-order valence-corrected chi connectivity index (χ4v) is 1.22. The summed E-state index contributed by atoms with van der Waals surface area (Å²) in [5.74, 6) is 0.309. The maximum atomic E-state index is 11.4. The molecule has 0 radical (unpaired) electrons. The predicted molar refractivity (Wildman–Crippen MR) is 63.4 cm³/mol. The monoisotopic (exact) mass is 238 g/mol. The molecule has 5 heteroatoms. The summed E-state index contributed by atoms with van der Waals surface area (Å²) < 4.78 is 10.2. The Labute approximate surface area is 101 Å². The van der Waals surface area contributed by atoms with Gasteiger partial charge in [-0.2, -0.15) is 0 Å². The highest BCUT2D eigenvalue weighted by molar-refractivity contribution is 5.75. The van der Waals surface area contributed by atoms with Crippen LogP contribution in [0, 0.1) is 5.41 Å². The van der Waals surface area contributed by atoms with Gasteiger partial charge in [0.15, 0.2) is 0 Å². The zero-order valence-corrected chi connectivity index (χ0v) is 10.4. The second-order valence-corrected chi connectivity index (χ2v) is 4.35. The van der Waals surface area contributed by atoms with Crippen LogP contribution in [0.25, 0.3) is 0 Å². The van der Waals surface area contributed by atoms with Crippen molar-refractivity contribution >= 4 is 5.97 Å². The molecule has 0 amide bonds. The Morgan fingerprint density at radius 3 is 2.65 bits per heavy atom. The van der Waals surface area contributed by atoms with Gasteiger partial charge in [-0.15, -0.1) is 0 Å². The van der Waals surface area contributed by atoms with Crippen molar-refractivity contribution in [3.8, 4) is 5.75 Å². The van der Waals surface area contributed by atoms with E-state index in [2.05, 4.69) is 9.72 Å². The number of hydrogen-bond acceptors (Lipinski definition) is 5. The van der Waals surface area contributed by atoms with Crippen LogP contribution in [0.2, 0.25) is 0 Å². The zero-order valence-electron chi connectivity index (χ0n) is 10.4. The minimum Gasteiger partial charge on any atom is -0.491 e. The van der Waals surface area contributed by atoms with Crippen molar-refractivity contribution in [2.45, 2.75) is 20.4 Å². The Morgan fingerprint density at radius 1 is 1.47 bits per heavy atom. The maximum Gasteiger partial charge on any atom is 0.314 e. The molecule has 0 bridgehead atoms. The lowest BCUT2D eigenvalue weighted by molar-refractivity contribution is -0.152. The molecule has 1 rings (SSSR count). The lowest BCUT2D eigenvalue weighted by atomic mass is 9.95. The molecule has 0 fully saturated rings. The highest BCUT2D eigenvalue weighted by Gasteiger charge is 2.29. The molecule has 94 valence electrons. The first-order valence-electron chi connectivity index (χ1n) is 5.36. The van der Waals surface area contributed by atoms with Crippen molar-refractivity contribution in [1.82, 2.24) is 4.98 Å². The number of pyridine rings is 1. The quantitative estimate of drug-likeness (QED) is 0.778. The number of ether oxygens (including phenoxy) is 2. The van der Waals surface area contributed by atoms with Gasteiger partial charge in [0.1, 0.15) is 12.4 Å². The summed E-state index contributed by atoms with van der Waals surface area (Å²) in [4.78, 5) is 15.5. The summed E-state index contributed by atoms with van der Waals surface area (Å²) in [7, 11) is 1.36. The van der Waals surface area contributed by atoms with Crippen LogP contribution in [0.5, 0.6) is 5.75 Å². The molecule has 0 aromatic carbocycles. The van der Waals surface area contributed by atoms with Gasteiger partial charge in [-0.3, -0.25) is 9.78 Å². The summed E-state index contributed by atoms with van der Waals surface area (Å²) in [5.41, 5.74) is 5.55. The first kappa shape index (κ1) is 13.4.